The van der Waals surface area contributed by atoms with Crippen molar-refractivity contribution in [3.63, 3.8) is 0 Å². The molecule has 9 heteroatoms. The van der Waals surface area contributed by atoms with Gasteiger partial charge in [0.05, 0.1) is 24.5 Å². The van der Waals surface area contributed by atoms with Gasteiger partial charge in [0, 0.05) is 0 Å². The smallest absolute Gasteiger partial charge is 0.375 e. The van der Waals surface area contributed by atoms with Gasteiger partial charge < -0.3 is 29.9 Å². The summed E-state index contributed by atoms with van der Waals surface area (Å²) in [7, 11) is 0. The van der Waals surface area contributed by atoms with E-state index >= 15 is 0 Å². The Morgan fingerprint density at radius 1 is 0.800 bits per heavy atom. The fraction of sp³-hybridized carbons (Fsp3) is 0.885. The van der Waals surface area contributed by atoms with Crippen molar-refractivity contribution in [2.75, 3.05) is 0 Å². The quantitative estimate of drug-likeness (QED) is 0.126. The molecule has 0 aromatic carbocycles. The number of carboxylic acids is 1. The van der Waals surface area contributed by atoms with Crippen molar-refractivity contribution in [2.45, 2.75) is 141 Å². The van der Waals surface area contributed by atoms with E-state index in [4.69, 9.17) is 9.47 Å². The Hall–Kier alpha value is -1.55. The monoisotopic (exact) mass is 502 g/mol. The molecule has 7 atom stereocenters. The Morgan fingerprint density at radius 3 is 1.89 bits per heavy atom. The van der Waals surface area contributed by atoms with Crippen LogP contribution >= 0.6 is 0 Å². The number of hydrogen-bond donors (Lipinski definition) is 4. The second kappa shape index (κ2) is 17.0. The third-order valence-corrected chi connectivity index (χ3v) is 6.75. The normalized spacial score (nSPS) is 26.2. The van der Waals surface area contributed by atoms with Crippen molar-refractivity contribution in [1.29, 1.82) is 0 Å². The summed E-state index contributed by atoms with van der Waals surface area (Å²) in [5.74, 6) is -4.24. The highest BCUT2D eigenvalue weighted by atomic mass is 16.6. The summed E-state index contributed by atoms with van der Waals surface area (Å²) in [6, 6.07) is 0. The molecule has 0 amide bonds. The second-order valence-corrected chi connectivity index (χ2v) is 9.78. The number of aliphatic hydroxyl groups is 3. The number of carbonyl (C=O) groups excluding carboxylic acids is 2. The molecule has 35 heavy (non-hydrogen) atoms. The molecule has 0 aromatic heterocycles. The molecule has 0 bridgehead atoms. The molecule has 0 saturated carbocycles. The average molecular weight is 503 g/mol. The summed E-state index contributed by atoms with van der Waals surface area (Å²) < 4.78 is 11.0. The molecule has 4 N–H and O–H groups in total. The summed E-state index contributed by atoms with van der Waals surface area (Å²) in [5, 5.41) is 40.0. The molecule has 0 aromatic rings. The zero-order chi connectivity index (χ0) is 26.4. The van der Waals surface area contributed by atoms with Gasteiger partial charge in [-0.05, 0) is 26.2 Å². The first-order chi connectivity index (χ1) is 16.6. The SMILES string of the molecule is CCCCCCCC(CC(=O)O)OC(=O)C(=O)C(CCCCCCC)[C@H]1O[C@@H](C)[C@H](O)[C@@H](O)[C@H]1O. The minimum absolute atomic E-state index is 0.246. The largest absolute Gasteiger partial charge is 0.481 e. The van der Waals surface area contributed by atoms with Gasteiger partial charge in [0.25, 0.3) is 0 Å². The van der Waals surface area contributed by atoms with Crippen LogP contribution in [-0.2, 0) is 23.9 Å². The topological polar surface area (TPSA) is 151 Å². The van der Waals surface area contributed by atoms with Gasteiger partial charge in [-0.3, -0.25) is 9.59 Å². The van der Waals surface area contributed by atoms with Crippen LogP contribution in [0.2, 0.25) is 0 Å². The van der Waals surface area contributed by atoms with Crippen LogP contribution in [0.5, 0.6) is 0 Å². The van der Waals surface area contributed by atoms with Crippen molar-refractivity contribution in [3.05, 3.63) is 0 Å². The molecule has 1 saturated heterocycles. The number of ketones is 1. The number of carboxylic acid groups (broad SMARTS) is 1. The van der Waals surface area contributed by atoms with Crippen LogP contribution in [0.1, 0.15) is 104 Å². The molecule has 2 unspecified atom stereocenters. The molecule has 204 valence electrons. The fourth-order valence-electron chi connectivity index (χ4n) is 4.56. The van der Waals surface area contributed by atoms with E-state index in [-0.39, 0.29) is 12.8 Å². The Bertz CT molecular complexity index is 638. The third kappa shape index (κ3) is 10.9. The lowest BCUT2D eigenvalue weighted by Crippen LogP contribution is -2.60. The van der Waals surface area contributed by atoms with Crippen molar-refractivity contribution >= 4 is 17.7 Å². The van der Waals surface area contributed by atoms with Gasteiger partial charge in [0.2, 0.25) is 5.78 Å². The maximum atomic E-state index is 13.2. The summed E-state index contributed by atoms with van der Waals surface area (Å²) in [4.78, 5) is 37.3. The molecule has 9 nitrogen and oxygen atoms in total. The molecule has 0 radical (unpaired) electrons. The van der Waals surface area contributed by atoms with E-state index in [1.807, 2.05) is 0 Å². The Balaban J connectivity index is 2.91. The van der Waals surface area contributed by atoms with Crippen LogP contribution in [0.4, 0.5) is 0 Å². The third-order valence-electron chi connectivity index (χ3n) is 6.75. The molecule has 1 aliphatic heterocycles. The highest BCUT2D eigenvalue weighted by molar-refractivity contribution is 6.34. The van der Waals surface area contributed by atoms with Crippen LogP contribution in [0.3, 0.4) is 0 Å². The number of ether oxygens (including phenoxy) is 2. The van der Waals surface area contributed by atoms with Crippen molar-refractivity contribution < 1.29 is 44.3 Å². The zero-order valence-electron chi connectivity index (χ0n) is 21.6. The Morgan fingerprint density at radius 2 is 1.34 bits per heavy atom. The number of esters is 1. The van der Waals surface area contributed by atoms with Crippen LogP contribution in [-0.4, -0.2) is 74.8 Å². The van der Waals surface area contributed by atoms with E-state index in [1.165, 1.54) is 6.92 Å². The minimum Gasteiger partial charge on any atom is -0.481 e. The maximum absolute atomic E-state index is 13.2. The van der Waals surface area contributed by atoms with Gasteiger partial charge in [-0.1, -0.05) is 71.6 Å². The van der Waals surface area contributed by atoms with Crippen molar-refractivity contribution in [3.8, 4) is 0 Å². The second-order valence-electron chi connectivity index (χ2n) is 9.78. The first kappa shape index (κ1) is 31.5. The number of rotatable bonds is 18. The highest BCUT2D eigenvalue weighted by Gasteiger charge is 2.48. The lowest BCUT2D eigenvalue weighted by Gasteiger charge is -2.42. The molecule has 0 aliphatic carbocycles. The molecule has 1 aliphatic rings. The average Bonchev–Trinajstić information content (AvgIpc) is 2.81. The lowest BCUT2D eigenvalue weighted by atomic mass is 9.83. The summed E-state index contributed by atoms with van der Waals surface area (Å²) in [6.07, 6.45) is 2.10. The lowest BCUT2D eigenvalue weighted by molar-refractivity contribution is -0.229. The van der Waals surface area contributed by atoms with E-state index in [2.05, 4.69) is 13.8 Å². The molecular formula is C26H46O9. The van der Waals surface area contributed by atoms with E-state index < -0.39 is 60.3 Å². The first-order valence-electron chi connectivity index (χ1n) is 13.3. The fourth-order valence-corrected chi connectivity index (χ4v) is 4.56. The number of aliphatic carboxylic acids is 1. The van der Waals surface area contributed by atoms with Crippen LogP contribution in [0, 0.1) is 5.92 Å². The van der Waals surface area contributed by atoms with Crippen LogP contribution < -0.4 is 0 Å². The van der Waals surface area contributed by atoms with E-state index in [9.17, 15) is 34.8 Å². The van der Waals surface area contributed by atoms with Crippen LogP contribution in [0.25, 0.3) is 0 Å². The van der Waals surface area contributed by atoms with Gasteiger partial charge in [-0.2, -0.15) is 0 Å². The van der Waals surface area contributed by atoms with Gasteiger partial charge in [0.15, 0.2) is 0 Å². The number of carbonyl (C=O) groups is 3. The molecule has 1 fully saturated rings. The highest BCUT2D eigenvalue weighted by Crippen LogP contribution is 2.30. The van der Waals surface area contributed by atoms with E-state index in [0.717, 1.165) is 51.4 Å². The zero-order valence-corrected chi connectivity index (χ0v) is 21.6. The maximum Gasteiger partial charge on any atom is 0.375 e. The van der Waals surface area contributed by atoms with Crippen LogP contribution in [0.15, 0.2) is 0 Å². The van der Waals surface area contributed by atoms with Gasteiger partial charge in [0.1, 0.15) is 24.4 Å². The molecular weight excluding hydrogens is 456 g/mol. The predicted octanol–water partition coefficient (Wildman–Crippen LogP) is 3.15. The molecule has 1 rings (SSSR count). The Kier molecular flexibility index (Phi) is 15.3. The number of Topliss-reactive ketones (excluding diaryl/α,β-unsaturated/α-hetero) is 1. The minimum atomic E-state index is -1.55. The van der Waals surface area contributed by atoms with Gasteiger partial charge in [-0.25, -0.2) is 4.79 Å². The predicted molar refractivity (Wildman–Crippen MR) is 130 cm³/mol. The standard InChI is InChI=1S/C26H46O9/c1-4-6-8-10-12-14-18(16-20(27)28)35-26(33)22(30)19(15-13-11-9-7-5-2)25-24(32)23(31)21(29)17(3)34-25/h17-19,21,23-25,29,31-32H,4-16H2,1-3H3,(H,27,28)/t17-,18?,19?,21-,23+,24+,25+/m0/s1. The summed E-state index contributed by atoms with van der Waals surface area (Å²) in [5.41, 5.74) is 0. The Labute approximate surface area is 209 Å². The van der Waals surface area contributed by atoms with E-state index in [0.29, 0.717) is 19.3 Å². The number of hydrogen-bond acceptors (Lipinski definition) is 8. The molecule has 0 spiro atoms. The number of aliphatic hydroxyl groups excluding tert-OH is 3. The van der Waals surface area contributed by atoms with Gasteiger partial charge >= 0.3 is 11.9 Å². The van der Waals surface area contributed by atoms with Crippen molar-refractivity contribution in [2.24, 2.45) is 5.92 Å². The first-order valence-corrected chi connectivity index (χ1v) is 13.3. The summed E-state index contributed by atoms with van der Waals surface area (Å²) in [6.45, 7) is 5.70. The van der Waals surface area contributed by atoms with Crippen molar-refractivity contribution in [1.82, 2.24) is 0 Å². The summed E-state index contributed by atoms with van der Waals surface area (Å²) >= 11 is 0. The molecule has 1 heterocycles. The van der Waals surface area contributed by atoms with Gasteiger partial charge in [-0.15, -0.1) is 0 Å². The van der Waals surface area contributed by atoms with E-state index in [1.54, 1.807) is 0 Å². The number of unbranched alkanes of at least 4 members (excludes halogenated alkanes) is 8.